The molecule has 0 aromatic heterocycles. The molecule has 0 unspecified atom stereocenters. The first-order chi connectivity index (χ1) is 11.0. The lowest BCUT2D eigenvalue weighted by Crippen LogP contribution is -2.45. The Labute approximate surface area is 138 Å². The Morgan fingerprint density at radius 2 is 1.57 bits per heavy atom. The maximum Gasteiger partial charge on any atom is 0.227 e. The molecule has 0 radical (unpaired) electrons. The third kappa shape index (κ3) is 4.07. The van der Waals surface area contributed by atoms with Crippen LogP contribution in [-0.4, -0.2) is 33.8 Å². The van der Waals surface area contributed by atoms with Gasteiger partial charge in [-0.2, -0.15) is 0 Å². The molecule has 0 atom stereocenters. The van der Waals surface area contributed by atoms with Crippen LogP contribution in [0.5, 0.6) is 17.2 Å². The summed E-state index contributed by atoms with van der Waals surface area (Å²) in [6.45, 7) is 4.62. The molecule has 0 fully saturated rings. The smallest absolute Gasteiger partial charge is 0.227 e. The number of methoxy groups -OCH3 is 3. The van der Waals surface area contributed by atoms with Crippen molar-refractivity contribution in [2.75, 3.05) is 27.9 Å². The summed E-state index contributed by atoms with van der Waals surface area (Å²) in [5.74, 6) is 1.77. The van der Waals surface area contributed by atoms with E-state index >= 15 is 0 Å². The monoisotopic (exact) mass is 324 g/mol. The van der Waals surface area contributed by atoms with Gasteiger partial charge in [-0.1, -0.05) is 13.8 Å². The fourth-order valence-corrected chi connectivity index (χ4v) is 2.55. The van der Waals surface area contributed by atoms with Crippen molar-refractivity contribution in [2.24, 2.45) is 11.1 Å². The van der Waals surface area contributed by atoms with Crippen LogP contribution in [0, 0.1) is 5.41 Å². The van der Waals surface area contributed by atoms with E-state index in [2.05, 4.69) is 5.32 Å². The number of carbonyl (C=O) groups is 1. The molecule has 23 heavy (non-hydrogen) atoms. The Kier molecular flexibility index (Phi) is 7.16. The fraction of sp³-hybridized carbons (Fsp3) is 0.588. The van der Waals surface area contributed by atoms with Crippen molar-refractivity contribution in [2.45, 2.75) is 33.2 Å². The van der Waals surface area contributed by atoms with Crippen molar-refractivity contribution in [3.63, 3.8) is 0 Å². The molecule has 0 heterocycles. The Morgan fingerprint density at radius 1 is 1.04 bits per heavy atom. The Hall–Kier alpha value is -1.95. The van der Waals surface area contributed by atoms with Crippen LogP contribution < -0.4 is 25.3 Å². The van der Waals surface area contributed by atoms with Gasteiger partial charge < -0.3 is 25.3 Å². The zero-order chi connectivity index (χ0) is 17.5. The van der Waals surface area contributed by atoms with Crippen molar-refractivity contribution < 1.29 is 19.0 Å². The Morgan fingerprint density at radius 3 is 2.00 bits per heavy atom. The van der Waals surface area contributed by atoms with E-state index in [9.17, 15) is 4.79 Å². The molecule has 0 bridgehead atoms. The highest BCUT2D eigenvalue weighted by atomic mass is 16.5. The minimum Gasteiger partial charge on any atom is -0.496 e. The quantitative estimate of drug-likeness (QED) is 0.727. The number of carbonyl (C=O) groups excluding carboxylic acids is 1. The molecule has 0 aliphatic carbocycles. The van der Waals surface area contributed by atoms with Crippen molar-refractivity contribution >= 4 is 5.91 Å². The van der Waals surface area contributed by atoms with E-state index in [0.29, 0.717) is 43.2 Å². The fourth-order valence-electron chi connectivity index (χ4n) is 2.55. The van der Waals surface area contributed by atoms with Gasteiger partial charge in [0.25, 0.3) is 0 Å². The number of ether oxygens (including phenoxy) is 3. The van der Waals surface area contributed by atoms with E-state index in [1.807, 2.05) is 13.8 Å². The second-order valence-electron chi connectivity index (χ2n) is 5.39. The first-order valence-corrected chi connectivity index (χ1v) is 7.79. The van der Waals surface area contributed by atoms with E-state index in [0.717, 1.165) is 5.56 Å². The van der Waals surface area contributed by atoms with E-state index < -0.39 is 5.41 Å². The summed E-state index contributed by atoms with van der Waals surface area (Å²) < 4.78 is 15.9. The summed E-state index contributed by atoms with van der Waals surface area (Å²) in [7, 11) is 4.71. The minimum atomic E-state index is -0.524. The predicted octanol–water partition coefficient (Wildman–Crippen LogP) is 2.09. The van der Waals surface area contributed by atoms with Crippen LogP contribution in [0.2, 0.25) is 0 Å². The van der Waals surface area contributed by atoms with Gasteiger partial charge >= 0.3 is 0 Å². The SMILES string of the molecule is CCC(CC)(CN)C(=O)NCc1cc(OC)c(OC)cc1OC. The van der Waals surface area contributed by atoms with Gasteiger partial charge in [-0.25, -0.2) is 0 Å². The van der Waals surface area contributed by atoms with Gasteiger partial charge in [0, 0.05) is 24.7 Å². The zero-order valence-electron chi connectivity index (χ0n) is 14.7. The molecule has 1 amide bonds. The second-order valence-corrected chi connectivity index (χ2v) is 5.39. The summed E-state index contributed by atoms with van der Waals surface area (Å²) >= 11 is 0. The summed E-state index contributed by atoms with van der Waals surface area (Å²) in [5.41, 5.74) is 6.11. The van der Waals surface area contributed by atoms with Gasteiger partial charge in [0.2, 0.25) is 5.91 Å². The summed E-state index contributed by atoms with van der Waals surface area (Å²) in [6.07, 6.45) is 1.41. The molecule has 0 saturated carbocycles. The van der Waals surface area contributed by atoms with Crippen molar-refractivity contribution in [1.82, 2.24) is 5.32 Å². The van der Waals surface area contributed by atoms with Gasteiger partial charge in [-0.05, 0) is 18.9 Å². The van der Waals surface area contributed by atoms with Gasteiger partial charge in [0.05, 0.1) is 26.7 Å². The third-order valence-electron chi connectivity index (χ3n) is 4.45. The maximum absolute atomic E-state index is 12.5. The van der Waals surface area contributed by atoms with Crippen LogP contribution in [0.25, 0.3) is 0 Å². The van der Waals surface area contributed by atoms with Crippen molar-refractivity contribution in [3.8, 4) is 17.2 Å². The normalized spacial score (nSPS) is 11.0. The molecule has 6 nitrogen and oxygen atoms in total. The molecule has 0 spiro atoms. The molecule has 1 rings (SSSR count). The van der Waals surface area contributed by atoms with Gasteiger partial charge in [0.15, 0.2) is 11.5 Å². The highest BCUT2D eigenvalue weighted by Gasteiger charge is 2.33. The van der Waals surface area contributed by atoms with Crippen molar-refractivity contribution in [3.05, 3.63) is 17.7 Å². The zero-order valence-corrected chi connectivity index (χ0v) is 14.7. The Bertz CT molecular complexity index is 519. The molecule has 0 saturated heterocycles. The number of amides is 1. The number of hydrogen-bond donors (Lipinski definition) is 2. The lowest BCUT2D eigenvalue weighted by molar-refractivity contribution is -0.131. The molecule has 0 aliphatic heterocycles. The summed E-state index contributed by atoms with van der Waals surface area (Å²) in [4.78, 5) is 12.5. The molecular weight excluding hydrogens is 296 g/mol. The van der Waals surface area contributed by atoms with Gasteiger partial charge in [0.1, 0.15) is 5.75 Å². The number of nitrogens with one attached hydrogen (secondary N) is 1. The van der Waals surface area contributed by atoms with Crippen LogP contribution in [0.3, 0.4) is 0 Å². The second kappa shape index (κ2) is 8.62. The maximum atomic E-state index is 12.5. The third-order valence-corrected chi connectivity index (χ3v) is 4.45. The average Bonchev–Trinajstić information content (AvgIpc) is 2.60. The lowest BCUT2D eigenvalue weighted by atomic mass is 9.81. The highest BCUT2D eigenvalue weighted by molar-refractivity contribution is 5.82. The predicted molar refractivity (Wildman–Crippen MR) is 90.0 cm³/mol. The van der Waals surface area contributed by atoms with Crippen LogP contribution in [-0.2, 0) is 11.3 Å². The van der Waals surface area contributed by atoms with Crippen molar-refractivity contribution in [1.29, 1.82) is 0 Å². The molecule has 3 N–H and O–H groups in total. The first-order valence-electron chi connectivity index (χ1n) is 7.79. The number of nitrogens with two attached hydrogens (primary N) is 1. The van der Waals surface area contributed by atoms with Crippen LogP contribution in [0.4, 0.5) is 0 Å². The Balaban J connectivity index is 2.98. The summed E-state index contributed by atoms with van der Waals surface area (Å²) in [5, 5.41) is 2.96. The molecule has 1 aromatic carbocycles. The molecule has 1 aromatic rings. The molecule has 130 valence electrons. The van der Waals surface area contributed by atoms with Gasteiger partial charge in [-0.3, -0.25) is 4.79 Å². The number of benzene rings is 1. The van der Waals surface area contributed by atoms with E-state index in [1.54, 1.807) is 33.5 Å². The number of rotatable bonds is 9. The van der Waals surface area contributed by atoms with Gasteiger partial charge in [-0.15, -0.1) is 0 Å². The lowest BCUT2D eigenvalue weighted by Gasteiger charge is -2.28. The topological polar surface area (TPSA) is 82.8 Å². The molecular formula is C17H28N2O4. The summed E-state index contributed by atoms with van der Waals surface area (Å²) in [6, 6.07) is 3.55. The van der Waals surface area contributed by atoms with E-state index in [1.165, 1.54) is 0 Å². The first kappa shape index (κ1) is 19.1. The van der Waals surface area contributed by atoms with Crippen LogP contribution >= 0.6 is 0 Å². The largest absolute Gasteiger partial charge is 0.496 e. The standard InChI is InChI=1S/C17H28N2O4/c1-6-17(7-2,11-18)16(20)19-10-12-8-14(22-4)15(23-5)9-13(12)21-3/h8-9H,6-7,10-11,18H2,1-5H3,(H,19,20). The average molecular weight is 324 g/mol. The van der Waals surface area contributed by atoms with Crippen LogP contribution in [0.1, 0.15) is 32.3 Å². The van der Waals surface area contributed by atoms with E-state index in [4.69, 9.17) is 19.9 Å². The molecule has 6 heteroatoms. The van der Waals surface area contributed by atoms with Crippen LogP contribution in [0.15, 0.2) is 12.1 Å². The number of hydrogen-bond acceptors (Lipinski definition) is 5. The minimum absolute atomic E-state index is 0.0400. The van der Waals surface area contributed by atoms with E-state index in [-0.39, 0.29) is 5.91 Å². The molecule has 0 aliphatic rings. The highest BCUT2D eigenvalue weighted by Crippen LogP contribution is 2.34.